The van der Waals surface area contributed by atoms with Gasteiger partial charge in [0.25, 0.3) is 0 Å². The molecule has 1 aliphatic heterocycles. The first-order chi connectivity index (χ1) is 9.24. The number of aromatic carboxylic acids is 1. The number of fused-ring (bicyclic) bond motifs is 1. The molecule has 2 aromatic heterocycles. The first-order valence-electron chi connectivity index (χ1n) is 6.05. The van der Waals surface area contributed by atoms with Gasteiger partial charge in [0.2, 0.25) is 0 Å². The highest BCUT2D eigenvalue weighted by Crippen LogP contribution is 2.22. The third kappa shape index (κ3) is 2.50. The van der Waals surface area contributed by atoms with Crippen LogP contribution < -0.4 is 0 Å². The number of nitrogens with zero attached hydrogens (tertiary/aromatic N) is 3. The van der Waals surface area contributed by atoms with Gasteiger partial charge in [-0.2, -0.15) is 0 Å². The molecule has 6 heteroatoms. The second-order valence-corrected chi connectivity index (χ2v) is 5.41. The Balaban J connectivity index is 1.76. The van der Waals surface area contributed by atoms with Crippen molar-refractivity contribution >= 4 is 17.3 Å². The van der Waals surface area contributed by atoms with E-state index in [4.69, 9.17) is 5.11 Å². The van der Waals surface area contributed by atoms with Crippen LogP contribution in [0.5, 0.6) is 0 Å². The van der Waals surface area contributed by atoms with Gasteiger partial charge in [-0.3, -0.25) is 14.9 Å². The van der Waals surface area contributed by atoms with E-state index < -0.39 is 5.97 Å². The van der Waals surface area contributed by atoms with Crippen molar-refractivity contribution < 1.29 is 9.90 Å². The van der Waals surface area contributed by atoms with Gasteiger partial charge in [0.05, 0.1) is 11.4 Å². The molecule has 2 aromatic rings. The van der Waals surface area contributed by atoms with Crippen LogP contribution in [0.15, 0.2) is 23.8 Å². The van der Waals surface area contributed by atoms with Crippen molar-refractivity contribution in [3.05, 3.63) is 45.7 Å². The van der Waals surface area contributed by atoms with E-state index in [2.05, 4.69) is 14.9 Å². The SMILES string of the molecule is O=C(O)c1sccc1CN1CCc2nccnc2C1. The van der Waals surface area contributed by atoms with Crippen LogP contribution in [0, 0.1) is 0 Å². The molecular formula is C13H13N3O2S. The van der Waals surface area contributed by atoms with E-state index >= 15 is 0 Å². The fourth-order valence-corrected chi connectivity index (χ4v) is 3.07. The topological polar surface area (TPSA) is 66.3 Å². The van der Waals surface area contributed by atoms with Crippen LogP contribution in [0.4, 0.5) is 0 Å². The molecule has 0 radical (unpaired) electrons. The molecule has 0 saturated heterocycles. The molecule has 19 heavy (non-hydrogen) atoms. The summed E-state index contributed by atoms with van der Waals surface area (Å²) in [5.74, 6) is -0.845. The van der Waals surface area contributed by atoms with Gasteiger partial charge in [0.1, 0.15) is 4.88 Å². The Morgan fingerprint density at radius 3 is 2.95 bits per heavy atom. The van der Waals surface area contributed by atoms with E-state index in [0.717, 1.165) is 36.5 Å². The van der Waals surface area contributed by atoms with Crippen LogP contribution in [-0.4, -0.2) is 32.5 Å². The van der Waals surface area contributed by atoms with Crippen LogP contribution in [0.3, 0.4) is 0 Å². The van der Waals surface area contributed by atoms with Crippen molar-refractivity contribution in [2.24, 2.45) is 0 Å². The smallest absolute Gasteiger partial charge is 0.346 e. The molecule has 0 spiro atoms. The van der Waals surface area contributed by atoms with Crippen molar-refractivity contribution in [1.29, 1.82) is 0 Å². The van der Waals surface area contributed by atoms with Crippen molar-refractivity contribution in [2.45, 2.75) is 19.5 Å². The highest BCUT2D eigenvalue weighted by molar-refractivity contribution is 7.12. The lowest BCUT2D eigenvalue weighted by Gasteiger charge is -2.26. The molecule has 0 aromatic carbocycles. The average Bonchev–Trinajstić information content (AvgIpc) is 2.87. The van der Waals surface area contributed by atoms with Gasteiger partial charge in [0.15, 0.2) is 0 Å². The lowest BCUT2D eigenvalue weighted by Crippen LogP contribution is -2.31. The molecule has 0 aliphatic carbocycles. The molecule has 0 amide bonds. The predicted octanol–water partition coefficient (Wildman–Crippen LogP) is 1.79. The summed E-state index contributed by atoms with van der Waals surface area (Å²) >= 11 is 1.28. The number of thiophene rings is 1. The van der Waals surface area contributed by atoms with Crippen LogP contribution in [0.1, 0.15) is 26.6 Å². The van der Waals surface area contributed by atoms with Crippen LogP contribution >= 0.6 is 11.3 Å². The van der Waals surface area contributed by atoms with E-state index in [1.807, 2.05) is 11.4 Å². The fraction of sp³-hybridized carbons (Fsp3) is 0.308. The number of rotatable bonds is 3. The summed E-state index contributed by atoms with van der Waals surface area (Å²) in [5.41, 5.74) is 2.94. The maximum absolute atomic E-state index is 11.1. The molecule has 5 nitrogen and oxygen atoms in total. The molecule has 3 heterocycles. The van der Waals surface area contributed by atoms with Crippen LogP contribution in [0.2, 0.25) is 0 Å². The summed E-state index contributed by atoms with van der Waals surface area (Å²) in [6.07, 6.45) is 4.29. The Kier molecular flexibility index (Phi) is 3.27. The zero-order valence-corrected chi connectivity index (χ0v) is 11.1. The number of hydrogen-bond acceptors (Lipinski definition) is 5. The lowest BCUT2D eigenvalue weighted by molar-refractivity contribution is 0.0699. The normalized spacial score (nSPS) is 15.2. The van der Waals surface area contributed by atoms with Crippen molar-refractivity contribution in [3.8, 4) is 0 Å². The summed E-state index contributed by atoms with van der Waals surface area (Å²) in [5, 5.41) is 10.9. The monoisotopic (exact) mass is 275 g/mol. The van der Waals surface area contributed by atoms with E-state index in [1.54, 1.807) is 12.4 Å². The van der Waals surface area contributed by atoms with E-state index in [1.165, 1.54) is 11.3 Å². The average molecular weight is 275 g/mol. The minimum Gasteiger partial charge on any atom is -0.477 e. The van der Waals surface area contributed by atoms with Gasteiger partial charge >= 0.3 is 5.97 Å². The maximum Gasteiger partial charge on any atom is 0.346 e. The zero-order valence-electron chi connectivity index (χ0n) is 10.2. The van der Waals surface area contributed by atoms with Crippen molar-refractivity contribution in [1.82, 2.24) is 14.9 Å². The van der Waals surface area contributed by atoms with Gasteiger partial charge in [-0.15, -0.1) is 11.3 Å². The molecule has 0 saturated carbocycles. The number of carboxylic acids is 1. The highest BCUT2D eigenvalue weighted by atomic mass is 32.1. The lowest BCUT2D eigenvalue weighted by atomic mass is 10.1. The van der Waals surface area contributed by atoms with Crippen molar-refractivity contribution in [3.63, 3.8) is 0 Å². The summed E-state index contributed by atoms with van der Waals surface area (Å²) in [4.78, 5) is 22.4. The minimum atomic E-state index is -0.845. The Bertz CT molecular complexity index is 611. The third-order valence-corrected chi connectivity index (χ3v) is 4.18. The molecule has 1 N–H and O–H groups in total. The summed E-state index contributed by atoms with van der Waals surface area (Å²) in [6.45, 7) is 2.28. The van der Waals surface area contributed by atoms with Crippen molar-refractivity contribution in [2.75, 3.05) is 6.54 Å². The van der Waals surface area contributed by atoms with Gasteiger partial charge < -0.3 is 5.11 Å². The van der Waals surface area contributed by atoms with Gasteiger partial charge in [0, 0.05) is 38.4 Å². The first-order valence-corrected chi connectivity index (χ1v) is 6.93. The van der Waals surface area contributed by atoms with Gasteiger partial charge in [-0.25, -0.2) is 4.79 Å². The maximum atomic E-state index is 11.1. The predicted molar refractivity (Wildman–Crippen MR) is 71.1 cm³/mol. The Morgan fingerprint density at radius 2 is 2.16 bits per heavy atom. The summed E-state index contributed by atoms with van der Waals surface area (Å²) in [6, 6.07) is 1.89. The minimum absolute atomic E-state index is 0.435. The number of aromatic nitrogens is 2. The molecule has 0 bridgehead atoms. The fourth-order valence-electron chi connectivity index (χ4n) is 2.32. The molecular weight excluding hydrogens is 262 g/mol. The van der Waals surface area contributed by atoms with E-state index in [9.17, 15) is 4.79 Å². The quantitative estimate of drug-likeness (QED) is 0.925. The molecule has 98 valence electrons. The van der Waals surface area contributed by atoms with Crippen LogP contribution in [-0.2, 0) is 19.5 Å². The van der Waals surface area contributed by atoms with Crippen LogP contribution in [0.25, 0.3) is 0 Å². The molecule has 0 unspecified atom stereocenters. The zero-order chi connectivity index (χ0) is 13.2. The first kappa shape index (κ1) is 12.3. The van der Waals surface area contributed by atoms with E-state index in [-0.39, 0.29) is 0 Å². The van der Waals surface area contributed by atoms with Gasteiger partial charge in [-0.05, 0) is 17.0 Å². The molecule has 0 fully saturated rings. The van der Waals surface area contributed by atoms with E-state index in [0.29, 0.717) is 11.4 Å². The Morgan fingerprint density at radius 1 is 1.37 bits per heavy atom. The standard InChI is InChI=1S/C13H13N3O2S/c17-13(18)12-9(2-6-19-12)7-16-5-1-10-11(8-16)15-4-3-14-10/h2-4,6H,1,5,7-8H2,(H,17,18). The molecule has 1 aliphatic rings. The second-order valence-electron chi connectivity index (χ2n) is 4.49. The Hall–Kier alpha value is -1.79. The number of carbonyl (C=O) groups is 1. The molecule has 0 atom stereocenters. The van der Waals surface area contributed by atoms with Gasteiger partial charge in [-0.1, -0.05) is 0 Å². The number of hydrogen-bond donors (Lipinski definition) is 1. The highest BCUT2D eigenvalue weighted by Gasteiger charge is 2.20. The number of carboxylic acid groups (broad SMARTS) is 1. The molecule has 3 rings (SSSR count). The summed E-state index contributed by atoms with van der Waals surface area (Å²) in [7, 11) is 0. The summed E-state index contributed by atoms with van der Waals surface area (Å²) < 4.78 is 0. The largest absolute Gasteiger partial charge is 0.477 e. The Labute approximate surface area is 114 Å². The third-order valence-electron chi connectivity index (χ3n) is 3.23. The second kappa shape index (κ2) is 5.07.